The summed E-state index contributed by atoms with van der Waals surface area (Å²) in [6, 6.07) is 11.8. The number of hydrogen-bond donors (Lipinski definition) is 0. The molecule has 25 heavy (non-hydrogen) atoms. The number of hydrogen-bond acceptors (Lipinski definition) is 5. The van der Waals surface area contributed by atoms with E-state index in [1.807, 2.05) is 17.5 Å². The van der Waals surface area contributed by atoms with Crippen molar-refractivity contribution < 1.29 is 14.1 Å². The third kappa shape index (κ3) is 4.13. The highest BCUT2D eigenvalue weighted by molar-refractivity contribution is 7.09. The van der Waals surface area contributed by atoms with Crippen LogP contribution in [0.1, 0.15) is 20.8 Å². The van der Waals surface area contributed by atoms with Crippen LogP contribution in [0.2, 0.25) is 0 Å². The van der Waals surface area contributed by atoms with Crippen LogP contribution in [-0.2, 0) is 13.0 Å². The summed E-state index contributed by atoms with van der Waals surface area (Å²) in [5, 5.41) is 13.2. The number of amides is 1. The highest BCUT2D eigenvalue weighted by Gasteiger charge is 2.24. The first-order valence-corrected chi connectivity index (χ1v) is 8.59. The van der Waals surface area contributed by atoms with Crippen LogP contribution < -0.4 is 0 Å². The second-order valence-electron chi connectivity index (χ2n) is 5.46. The molecule has 0 N–H and O–H groups in total. The van der Waals surface area contributed by atoms with Crippen LogP contribution in [0.3, 0.4) is 0 Å². The molecule has 3 rings (SSSR count). The highest BCUT2D eigenvalue weighted by atomic mass is 32.1. The first-order chi connectivity index (χ1) is 12.1. The van der Waals surface area contributed by atoms with Gasteiger partial charge in [0.25, 0.3) is 11.6 Å². The monoisotopic (exact) mass is 356 g/mol. The molecule has 2 heterocycles. The third-order valence-electron chi connectivity index (χ3n) is 3.78. The molecule has 128 valence electrons. The molecule has 0 spiro atoms. The van der Waals surface area contributed by atoms with Crippen LogP contribution in [0.15, 0.2) is 64.8 Å². The van der Waals surface area contributed by atoms with Crippen LogP contribution in [0.5, 0.6) is 0 Å². The van der Waals surface area contributed by atoms with Gasteiger partial charge < -0.3 is 9.32 Å². The summed E-state index contributed by atoms with van der Waals surface area (Å²) in [6.45, 7) is 0.809. The maximum Gasteiger partial charge on any atom is 0.282 e. The number of carbonyl (C=O) groups is 1. The van der Waals surface area contributed by atoms with E-state index in [9.17, 15) is 14.9 Å². The second kappa shape index (κ2) is 7.76. The smallest absolute Gasteiger partial charge is 0.282 e. The van der Waals surface area contributed by atoms with Gasteiger partial charge in [-0.1, -0.05) is 18.2 Å². The molecule has 1 aromatic carbocycles. The quantitative estimate of drug-likeness (QED) is 0.471. The molecule has 2 aromatic heterocycles. The molecule has 0 fully saturated rings. The number of thiophene rings is 1. The van der Waals surface area contributed by atoms with Gasteiger partial charge in [-0.25, -0.2) is 0 Å². The van der Waals surface area contributed by atoms with Crippen LogP contribution in [-0.4, -0.2) is 22.3 Å². The predicted molar refractivity (Wildman–Crippen MR) is 94.6 cm³/mol. The van der Waals surface area contributed by atoms with Crippen LogP contribution >= 0.6 is 11.3 Å². The molecule has 0 radical (unpaired) electrons. The number of rotatable bonds is 7. The van der Waals surface area contributed by atoms with Gasteiger partial charge in [0, 0.05) is 29.6 Å². The normalized spacial score (nSPS) is 10.6. The van der Waals surface area contributed by atoms with Crippen molar-refractivity contribution in [1.82, 2.24) is 4.90 Å². The summed E-state index contributed by atoms with van der Waals surface area (Å²) >= 11 is 1.62. The summed E-state index contributed by atoms with van der Waals surface area (Å²) in [6.07, 6.45) is 3.81. The van der Waals surface area contributed by atoms with Gasteiger partial charge in [0.1, 0.15) is 5.56 Å². The van der Waals surface area contributed by atoms with Crippen molar-refractivity contribution >= 4 is 22.9 Å². The Hall–Kier alpha value is -2.93. The number of benzene rings is 1. The third-order valence-corrected chi connectivity index (χ3v) is 4.72. The minimum atomic E-state index is -0.525. The molecule has 0 atom stereocenters. The number of nitro groups is 1. The Morgan fingerprint density at radius 1 is 1.20 bits per heavy atom. The van der Waals surface area contributed by atoms with Crippen LogP contribution in [0.25, 0.3) is 0 Å². The first-order valence-electron chi connectivity index (χ1n) is 7.71. The molecular weight excluding hydrogens is 340 g/mol. The van der Waals surface area contributed by atoms with Gasteiger partial charge >= 0.3 is 0 Å². The maximum absolute atomic E-state index is 13.0. The summed E-state index contributed by atoms with van der Waals surface area (Å²) in [7, 11) is 0. The van der Waals surface area contributed by atoms with Crippen molar-refractivity contribution in [3.05, 3.63) is 86.5 Å². The van der Waals surface area contributed by atoms with Gasteiger partial charge in [0.05, 0.1) is 17.4 Å². The van der Waals surface area contributed by atoms with Gasteiger partial charge in [0.2, 0.25) is 0 Å². The van der Waals surface area contributed by atoms with E-state index in [-0.39, 0.29) is 17.2 Å². The van der Waals surface area contributed by atoms with Crippen LogP contribution in [0, 0.1) is 10.1 Å². The molecule has 0 aliphatic heterocycles. The van der Waals surface area contributed by atoms with Crippen molar-refractivity contribution in [2.24, 2.45) is 0 Å². The van der Waals surface area contributed by atoms with E-state index < -0.39 is 4.92 Å². The topological polar surface area (TPSA) is 76.6 Å². The van der Waals surface area contributed by atoms with E-state index in [1.165, 1.54) is 12.1 Å². The fourth-order valence-corrected chi connectivity index (χ4v) is 3.24. The van der Waals surface area contributed by atoms with Gasteiger partial charge in [-0.3, -0.25) is 14.9 Å². The molecular formula is C18H16N2O4S. The van der Waals surface area contributed by atoms with E-state index in [4.69, 9.17) is 4.42 Å². The summed E-state index contributed by atoms with van der Waals surface area (Å²) in [4.78, 5) is 26.4. The van der Waals surface area contributed by atoms with E-state index in [1.54, 1.807) is 47.0 Å². The van der Waals surface area contributed by atoms with Crippen LogP contribution in [0.4, 0.5) is 5.69 Å². The average molecular weight is 356 g/mol. The Balaban J connectivity index is 1.84. The van der Waals surface area contributed by atoms with Gasteiger partial charge in [0.15, 0.2) is 0 Å². The largest absolute Gasteiger partial charge is 0.472 e. The number of para-hydroxylation sites is 1. The zero-order chi connectivity index (χ0) is 17.6. The minimum absolute atomic E-state index is 0.0992. The van der Waals surface area contributed by atoms with Crippen molar-refractivity contribution in [3.63, 3.8) is 0 Å². The molecule has 0 unspecified atom stereocenters. The molecule has 7 heteroatoms. The Morgan fingerprint density at radius 2 is 2.04 bits per heavy atom. The summed E-state index contributed by atoms with van der Waals surface area (Å²) < 4.78 is 5.07. The minimum Gasteiger partial charge on any atom is -0.472 e. The molecule has 0 saturated carbocycles. The molecule has 6 nitrogen and oxygen atoms in total. The number of nitrogens with zero attached hydrogens (tertiary/aromatic N) is 2. The second-order valence-corrected chi connectivity index (χ2v) is 6.49. The SMILES string of the molecule is O=C(c1ccccc1[N+](=O)[O-])N(CCc1cccs1)Cc1ccoc1. The predicted octanol–water partition coefficient (Wildman–Crippen LogP) is 4.13. The maximum atomic E-state index is 13.0. The fraction of sp³-hybridized carbons (Fsp3) is 0.167. The number of carbonyl (C=O) groups excluding carboxylic acids is 1. The zero-order valence-electron chi connectivity index (χ0n) is 13.3. The Bertz CT molecular complexity index is 844. The van der Waals surface area contributed by atoms with E-state index in [2.05, 4.69) is 0 Å². The number of nitro benzene ring substituents is 1. The molecule has 0 aliphatic rings. The first kappa shape index (κ1) is 16.9. The van der Waals surface area contributed by atoms with Gasteiger partial charge in [-0.05, 0) is 30.0 Å². The lowest BCUT2D eigenvalue weighted by molar-refractivity contribution is -0.385. The number of furan rings is 1. The molecule has 3 aromatic rings. The molecule has 0 aliphatic carbocycles. The lowest BCUT2D eigenvalue weighted by Crippen LogP contribution is -2.32. The van der Waals surface area contributed by atoms with Crippen molar-refractivity contribution in [3.8, 4) is 0 Å². The summed E-state index contributed by atoms with van der Waals surface area (Å²) in [5.74, 6) is -0.356. The molecule has 0 saturated heterocycles. The van der Waals surface area contributed by atoms with Gasteiger partial charge in [-0.15, -0.1) is 11.3 Å². The van der Waals surface area contributed by atoms with Gasteiger partial charge in [-0.2, -0.15) is 0 Å². The Kier molecular flexibility index (Phi) is 5.25. The lowest BCUT2D eigenvalue weighted by atomic mass is 10.1. The van der Waals surface area contributed by atoms with E-state index in [0.717, 1.165) is 10.4 Å². The zero-order valence-corrected chi connectivity index (χ0v) is 14.1. The fourth-order valence-electron chi connectivity index (χ4n) is 2.54. The van der Waals surface area contributed by atoms with Crippen molar-refractivity contribution in [2.75, 3.05) is 6.54 Å². The average Bonchev–Trinajstić information content (AvgIpc) is 3.31. The standard InChI is InChI=1S/C18H16N2O4S/c21-18(16-5-1-2-6-17(16)20(22)23)19(12-14-8-10-24-13-14)9-7-15-4-3-11-25-15/h1-6,8,10-11,13H,7,9,12H2. The Labute approximate surface area is 148 Å². The van der Waals surface area contributed by atoms with E-state index in [0.29, 0.717) is 19.5 Å². The van der Waals surface area contributed by atoms with E-state index >= 15 is 0 Å². The molecule has 1 amide bonds. The molecule has 0 bridgehead atoms. The van der Waals surface area contributed by atoms with Crippen molar-refractivity contribution in [1.29, 1.82) is 0 Å². The lowest BCUT2D eigenvalue weighted by Gasteiger charge is -2.22. The van der Waals surface area contributed by atoms with Crippen molar-refractivity contribution in [2.45, 2.75) is 13.0 Å². The Morgan fingerprint density at radius 3 is 2.72 bits per heavy atom. The highest BCUT2D eigenvalue weighted by Crippen LogP contribution is 2.21. The summed E-state index contributed by atoms with van der Waals surface area (Å²) in [5.41, 5.74) is 0.765.